The zero-order valence-corrected chi connectivity index (χ0v) is 9.63. The second-order valence-corrected chi connectivity index (χ2v) is 4.89. The van der Waals surface area contributed by atoms with Crippen LogP contribution < -0.4 is 16.4 Å². The molecule has 1 aliphatic heterocycles. The molecule has 5 nitrogen and oxygen atoms in total. The molecule has 1 amide bonds. The van der Waals surface area contributed by atoms with Gasteiger partial charge in [-0.1, -0.05) is 0 Å². The normalized spacial score (nSPS) is 23.5. The molecule has 0 bridgehead atoms. The molecular weight excluding hydrogens is 192 g/mol. The Labute approximate surface area is 90.5 Å². The van der Waals surface area contributed by atoms with Gasteiger partial charge in [-0.2, -0.15) is 0 Å². The van der Waals surface area contributed by atoms with Crippen LogP contribution in [0.1, 0.15) is 33.6 Å². The molecule has 0 radical (unpaired) electrons. The number of amides is 1. The lowest BCUT2D eigenvalue weighted by molar-refractivity contribution is -0.122. The lowest BCUT2D eigenvalue weighted by atomic mass is 10.1. The van der Waals surface area contributed by atoms with Gasteiger partial charge in [0.05, 0.1) is 6.04 Å². The largest absolute Gasteiger partial charge is 0.370 e. The highest BCUT2D eigenvalue weighted by molar-refractivity contribution is 5.79. The van der Waals surface area contributed by atoms with Gasteiger partial charge in [0.2, 0.25) is 5.91 Å². The van der Waals surface area contributed by atoms with E-state index in [4.69, 9.17) is 5.73 Å². The van der Waals surface area contributed by atoms with Crippen LogP contribution in [0.3, 0.4) is 0 Å². The molecule has 0 aromatic rings. The molecule has 4 N–H and O–H groups in total. The van der Waals surface area contributed by atoms with E-state index in [1.807, 2.05) is 20.8 Å². The van der Waals surface area contributed by atoms with Crippen molar-refractivity contribution in [1.82, 2.24) is 10.6 Å². The van der Waals surface area contributed by atoms with Crippen LogP contribution in [0.4, 0.5) is 0 Å². The molecular formula is C10H20N4O. The molecule has 1 atom stereocenters. The summed E-state index contributed by atoms with van der Waals surface area (Å²) in [4.78, 5) is 15.2. The lowest BCUT2D eigenvalue weighted by Crippen LogP contribution is -2.46. The molecule has 1 heterocycles. The van der Waals surface area contributed by atoms with E-state index in [-0.39, 0.29) is 17.5 Å². The van der Waals surface area contributed by atoms with E-state index in [2.05, 4.69) is 15.6 Å². The molecule has 86 valence electrons. The molecule has 1 rings (SSSR count). The smallest absolute Gasteiger partial charge is 0.220 e. The van der Waals surface area contributed by atoms with Gasteiger partial charge in [-0.3, -0.25) is 4.79 Å². The van der Waals surface area contributed by atoms with Crippen molar-refractivity contribution in [2.24, 2.45) is 10.7 Å². The summed E-state index contributed by atoms with van der Waals surface area (Å²) in [6, 6.07) is 0.109. The average Bonchev–Trinajstić information content (AvgIpc) is 2.05. The number of piperidine rings is 1. The minimum atomic E-state index is -0.0779. The summed E-state index contributed by atoms with van der Waals surface area (Å²) in [7, 11) is 0. The van der Waals surface area contributed by atoms with Gasteiger partial charge < -0.3 is 16.4 Å². The lowest BCUT2D eigenvalue weighted by Gasteiger charge is -2.24. The van der Waals surface area contributed by atoms with Crippen LogP contribution in [0, 0.1) is 0 Å². The Morgan fingerprint density at radius 3 is 2.73 bits per heavy atom. The quantitative estimate of drug-likeness (QED) is 0.422. The van der Waals surface area contributed by atoms with Crippen LogP contribution in [-0.4, -0.2) is 30.0 Å². The number of carbonyl (C=O) groups excluding carboxylic acids is 1. The van der Waals surface area contributed by atoms with Crippen molar-refractivity contribution < 1.29 is 4.79 Å². The number of nitrogens with zero attached hydrogens (tertiary/aromatic N) is 1. The summed E-state index contributed by atoms with van der Waals surface area (Å²) in [6.07, 6.45) is 1.31. The summed E-state index contributed by atoms with van der Waals surface area (Å²) in [5, 5.41) is 5.86. The van der Waals surface area contributed by atoms with Gasteiger partial charge in [-0.15, -0.1) is 0 Å². The molecule has 0 spiro atoms. The second kappa shape index (κ2) is 4.51. The topological polar surface area (TPSA) is 79.5 Å². The maximum Gasteiger partial charge on any atom is 0.220 e. The Kier molecular flexibility index (Phi) is 3.55. The molecule has 15 heavy (non-hydrogen) atoms. The predicted octanol–water partition coefficient (Wildman–Crippen LogP) is -0.0322. The third-order valence-corrected chi connectivity index (χ3v) is 2.06. The Bertz CT molecular complexity index is 257. The van der Waals surface area contributed by atoms with Crippen molar-refractivity contribution in [3.05, 3.63) is 0 Å². The van der Waals surface area contributed by atoms with Crippen LogP contribution in [-0.2, 0) is 4.79 Å². The van der Waals surface area contributed by atoms with E-state index in [1.54, 1.807) is 0 Å². The molecule has 1 saturated heterocycles. The summed E-state index contributed by atoms with van der Waals surface area (Å²) >= 11 is 0. The fraction of sp³-hybridized carbons (Fsp3) is 0.800. The number of rotatable bonds is 1. The number of aliphatic imine (C=N–C) groups is 1. The van der Waals surface area contributed by atoms with Gasteiger partial charge in [0.1, 0.15) is 0 Å². The summed E-state index contributed by atoms with van der Waals surface area (Å²) in [6.45, 7) is 6.67. The first-order valence-corrected chi connectivity index (χ1v) is 5.25. The van der Waals surface area contributed by atoms with Gasteiger partial charge in [0.25, 0.3) is 0 Å². The summed E-state index contributed by atoms with van der Waals surface area (Å²) in [5.41, 5.74) is 5.67. The van der Waals surface area contributed by atoms with Crippen molar-refractivity contribution in [3.8, 4) is 0 Å². The minimum Gasteiger partial charge on any atom is -0.370 e. The average molecular weight is 212 g/mol. The van der Waals surface area contributed by atoms with Crippen LogP contribution in [0.2, 0.25) is 0 Å². The minimum absolute atomic E-state index is 0.0779. The van der Waals surface area contributed by atoms with Gasteiger partial charge >= 0.3 is 0 Å². The van der Waals surface area contributed by atoms with Crippen LogP contribution in [0.15, 0.2) is 4.99 Å². The van der Waals surface area contributed by atoms with E-state index in [1.165, 1.54) is 0 Å². The molecule has 1 unspecified atom stereocenters. The van der Waals surface area contributed by atoms with Crippen LogP contribution in [0.5, 0.6) is 0 Å². The predicted molar refractivity (Wildman–Crippen MR) is 60.5 cm³/mol. The monoisotopic (exact) mass is 212 g/mol. The Morgan fingerprint density at radius 1 is 1.60 bits per heavy atom. The Hall–Kier alpha value is -1.26. The Balaban J connectivity index is 2.45. The zero-order chi connectivity index (χ0) is 11.5. The third kappa shape index (κ3) is 4.67. The standard InChI is InChI=1S/C10H20N4O/c1-10(2,3)14-9(11)13-7-4-5-8(15)12-6-7/h7H,4-6H2,1-3H3,(H,12,15)(H3,11,13,14). The highest BCUT2D eigenvalue weighted by Crippen LogP contribution is 2.06. The molecule has 1 aliphatic rings. The molecule has 0 aromatic carbocycles. The van der Waals surface area contributed by atoms with E-state index < -0.39 is 0 Å². The zero-order valence-electron chi connectivity index (χ0n) is 9.63. The summed E-state index contributed by atoms with van der Waals surface area (Å²) in [5.74, 6) is 0.549. The number of hydrogen-bond donors (Lipinski definition) is 3. The van der Waals surface area contributed by atoms with Crippen molar-refractivity contribution in [2.45, 2.75) is 45.2 Å². The van der Waals surface area contributed by atoms with Gasteiger partial charge in [0, 0.05) is 18.5 Å². The third-order valence-electron chi connectivity index (χ3n) is 2.06. The number of guanidine groups is 1. The van der Waals surface area contributed by atoms with Crippen molar-refractivity contribution >= 4 is 11.9 Å². The highest BCUT2D eigenvalue weighted by Gasteiger charge is 2.18. The number of carbonyl (C=O) groups is 1. The van der Waals surface area contributed by atoms with E-state index >= 15 is 0 Å². The maximum absolute atomic E-state index is 10.9. The number of nitrogens with one attached hydrogen (secondary N) is 2. The first-order valence-electron chi connectivity index (χ1n) is 5.25. The highest BCUT2D eigenvalue weighted by atomic mass is 16.1. The van der Waals surface area contributed by atoms with E-state index in [0.717, 1.165) is 6.42 Å². The maximum atomic E-state index is 10.9. The second-order valence-electron chi connectivity index (χ2n) is 4.89. The molecule has 1 fully saturated rings. The first-order chi connectivity index (χ1) is 6.87. The van der Waals surface area contributed by atoms with Gasteiger partial charge in [-0.05, 0) is 27.2 Å². The number of nitrogens with two attached hydrogens (primary N) is 1. The first kappa shape index (κ1) is 11.8. The van der Waals surface area contributed by atoms with E-state index in [9.17, 15) is 4.79 Å². The Morgan fingerprint density at radius 2 is 2.27 bits per heavy atom. The molecule has 0 saturated carbocycles. The SMILES string of the molecule is CC(C)(C)NC(N)=NC1CCC(=O)NC1. The van der Waals surface area contributed by atoms with Crippen molar-refractivity contribution in [3.63, 3.8) is 0 Å². The van der Waals surface area contributed by atoms with Gasteiger partial charge in [0.15, 0.2) is 5.96 Å². The van der Waals surface area contributed by atoms with Crippen LogP contribution in [0.25, 0.3) is 0 Å². The molecule has 0 aliphatic carbocycles. The van der Waals surface area contributed by atoms with Gasteiger partial charge in [-0.25, -0.2) is 4.99 Å². The summed E-state index contributed by atoms with van der Waals surface area (Å²) < 4.78 is 0. The fourth-order valence-corrected chi connectivity index (χ4v) is 1.44. The fourth-order valence-electron chi connectivity index (χ4n) is 1.44. The molecule has 0 aromatic heterocycles. The van der Waals surface area contributed by atoms with Crippen molar-refractivity contribution in [2.75, 3.05) is 6.54 Å². The van der Waals surface area contributed by atoms with Crippen LogP contribution >= 0.6 is 0 Å². The molecule has 5 heteroatoms. The number of hydrogen-bond acceptors (Lipinski definition) is 2. The van der Waals surface area contributed by atoms with Crippen molar-refractivity contribution in [1.29, 1.82) is 0 Å². The van der Waals surface area contributed by atoms with E-state index in [0.29, 0.717) is 18.9 Å².